The number of fused-ring (bicyclic) bond motifs is 1. The lowest BCUT2D eigenvalue weighted by Crippen LogP contribution is -2.41. The fourth-order valence-electron chi connectivity index (χ4n) is 3.74. The van der Waals surface area contributed by atoms with Crippen LogP contribution < -0.4 is 28.6 Å². The number of primary amides is 1. The van der Waals surface area contributed by atoms with Gasteiger partial charge in [0.25, 0.3) is 5.91 Å². The SMILES string of the molecule is NN/N=C(\N)CCC1(c2ccccc2)CCc2c(sc(N)c2C(N)=O)C1=O. The van der Waals surface area contributed by atoms with Gasteiger partial charge in [-0.15, -0.1) is 11.3 Å². The number of nitrogens with zero attached hydrogens (tertiary/aromatic N) is 1. The highest BCUT2D eigenvalue weighted by molar-refractivity contribution is 7.18. The molecule has 1 unspecified atom stereocenters. The smallest absolute Gasteiger partial charge is 0.251 e. The molecule has 2 aromatic rings. The first-order valence-corrected chi connectivity index (χ1v) is 9.31. The Morgan fingerprint density at radius 1 is 1.26 bits per heavy atom. The first kappa shape index (κ1) is 18.9. The molecule has 0 saturated carbocycles. The average Bonchev–Trinajstić information content (AvgIpc) is 2.99. The summed E-state index contributed by atoms with van der Waals surface area (Å²) in [5.41, 5.74) is 20.5. The van der Waals surface area contributed by atoms with Crippen LogP contribution in [-0.4, -0.2) is 17.5 Å². The summed E-state index contributed by atoms with van der Waals surface area (Å²) in [6.45, 7) is 0. The second-order valence-electron chi connectivity index (χ2n) is 6.52. The molecule has 0 bridgehead atoms. The zero-order chi connectivity index (χ0) is 19.6. The summed E-state index contributed by atoms with van der Waals surface area (Å²) in [5.74, 6) is 4.83. The molecule has 1 atom stereocenters. The van der Waals surface area contributed by atoms with Gasteiger partial charge in [-0.25, -0.2) is 11.4 Å². The summed E-state index contributed by atoms with van der Waals surface area (Å²) in [7, 11) is 0. The number of carbonyl (C=O) groups excluding carboxylic acids is 2. The number of rotatable bonds is 6. The van der Waals surface area contributed by atoms with Crippen LogP contribution in [-0.2, 0) is 11.8 Å². The van der Waals surface area contributed by atoms with Crippen LogP contribution in [0, 0.1) is 0 Å². The molecular formula is C18H22N6O2S. The molecule has 0 radical (unpaired) electrons. The van der Waals surface area contributed by atoms with Gasteiger partial charge in [0, 0.05) is 6.42 Å². The number of anilines is 1. The average molecular weight is 386 g/mol. The molecule has 0 spiro atoms. The molecule has 3 rings (SSSR count). The second kappa shape index (κ2) is 7.37. The van der Waals surface area contributed by atoms with Gasteiger partial charge >= 0.3 is 0 Å². The summed E-state index contributed by atoms with van der Waals surface area (Å²) in [6.07, 6.45) is 1.93. The molecular weight excluding hydrogens is 364 g/mol. The van der Waals surface area contributed by atoms with E-state index in [0.29, 0.717) is 42.0 Å². The second-order valence-corrected chi connectivity index (χ2v) is 7.57. The quantitative estimate of drug-likeness (QED) is 0.215. The lowest BCUT2D eigenvalue weighted by Gasteiger charge is -2.36. The van der Waals surface area contributed by atoms with Crippen LogP contribution in [0.2, 0.25) is 0 Å². The number of hydrogen-bond donors (Lipinski definition) is 5. The number of nitrogens with one attached hydrogen (secondary N) is 1. The van der Waals surface area contributed by atoms with Crippen LogP contribution in [0.15, 0.2) is 35.4 Å². The van der Waals surface area contributed by atoms with Gasteiger partial charge in [-0.05, 0) is 30.4 Å². The van der Waals surface area contributed by atoms with E-state index in [4.69, 9.17) is 23.0 Å². The maximum Gasteiger partial charge on any atom is 0.251 e. The summed E-state index contributed by atoms with van der Waals surface area (Å²) >= 11 is 1.13. The highest BCUT2D eigenvalue weighted by atomic mass is 32.1. The third-order valence-corrected chi connectivity index (χ3v) is 6.13. The molecule has 9 heteroatoms. The molecule has 1 heterocycles. The number of carbonyl (C=O) groups is 2. The van der Waals surface area contributed by atoms with Gasteiger partial charge in [-0.2, -0.15) is 5.10 Å². The van der Waals surface area contributed by atoms with Crippen LogP contribution in [0.5, 0.6) is 0 Å². The molecule has 27 heavy (non-hydrogen) atoms. The summed E-state index contributed by atoms with van der Waals surface area (Å²) in [6, 6.07) is 9.57. The van der Waals surface area contributed by atoms with Crippen molar-refractivity contribution in [3.8, 4) is 0 Å². The first-order chi connectivity index (χ1) is 12.9. The van der Waals surface area contributed by atoms with E-state index in [1.165, 1.54) is 0 Å². The van der Waals surface area contributed by atoms with E-state index in [0.717, 1.165) is 16.9 Å². The summed E-state index contributed by atoms with van der Waals surface area (Å²) in [4.78, 5) is 25.8. The number of hydrazone groups is 1. The topological polar surface area (TPSA) is 163 Å². The number of hydrazine groups is 1. The van der Waals surface area contributed by atoms with E-state index in [2.05, 4.69) is 10.6 Å². The number of Topliss-reactive ketones (excluding diaryl/α,β-unsaturated/α-hetero) is 1. The molecule has 1 aliphatic rings. The van der Waals surface area contributed by atoms with E-state index >= 15 is 0 Å². The minimum atomic E-state index is -0.769. The van der Waals surface area contributed by atoms with Crippen molar-refractivity contribution >= 4 is 33.9 Å². The highest BCUT2D eigenvalue weighted by Gasteiger charge is 2.46. The molecule has 0 aliphatic heterocycles. The number of benzene rings is 1. The number of thiophene rings is 1. The number of nitrogen functional groups attached to an aromatic ring is 1. The van der Waals surface area contributed by atoms with Crippen molar-refractivity contribution in [2.24, 2.45) is 22.4 Å². The zero-order valence-electron chi connectivity index (χ0n) is 14.7. The summed E-state index contributed by atoms with van der Waals surface area (Å²) in [5, 5.41) is 4.07. The van der Waals surface area contributed by atoms with Crippen molar-refractivity contribution in [3.63, 3.8) is 0 Å². The first-order valence-electron chi connectivity index (χ1n) is 8.49. The van der Waals surface area contributed by atoms with Gasteiger partial charge in [0.2, 0.25) is 0 Å². The van der Waals surface area contributed by atoms with Crippen molar-refractivity contribution in [1.82, 2.24) is 5.53 Å². The largest absolute Gasteiger partial charge is 0.390 e. The molecule has 1 aliphatic carbocycles. The standard InChI is InChI=1S/C18H22N6O2S/c19-12(23-24-22)7-9-18(10-4-2-1-3-5-10)8-6-11-13(16(20)26)17(21)27-14(11)15(18)25/h1-5,24H,6-9,21-22H2,(H2,19,23)(H2,20,26). The Kier molecular flexibility index (Phi) is 5.15. The van der Waals surface area contributed by atoms with Gasteiger partial charge in [0.15, 0.2) is 5.78 Å². The lowest BCUT2D eigenvalue weighted by atomic mass is 9.66. The van der Waals surface area contributed by atoms with Gasteiger partial charge in [0.1, 0.15) is 5.84 Å². The Morgan fingerprint density at radius 3 is 2.59 bits per heavy atom. The van der Waals surface area contributed by atoms with Crippen molar-refractivity contribution in [2.75, 3.05) is 5.73 Å². The third kappa shape index (κ3) is 3.26. The predicted octanol–water partition coefficient (Wildman–Crippen LogP) is 1.01. The Labute approximate surface area is 160 Å². The van der Waals surface area contributed by atoms with Crippen molar-refractivity contribution in [3.05, 3.63) is 51.9 Å². The lowest BCUT2D eigenvalue weighted by molar-refractivity contribution is 0.0856. The Morgan fingerprint density at radius 2 is 1.96 bits per heavy atom. The van der Waals surface area contributed by atoms with Crippen molar-refractivity contribution in [2.45, 2.75) is 31.1 Å². The molecule has 1 aromatic heterocycles. The maximum absolute atomic E-state index is 13.6. The fourth-order valence-corrected chi connectivity index (χ4v) is 4.90. The Balaban J connectivity index is 2.07. The fraction of sp³-hybridized carbons (Fsp3) is 0.278. The number of ketones is 1. The van der Waals surface area contributed by atoms with Crippen LogP contribution in [0.4, 0.5) is 5.00 Å². The number of hydrogen-bond acceptors (Lipinski definition) is 7. The van der Waals surface area contributed by atoms with Crippen molar-refractivity contribution in [1.29, 1.82) is 0 Å². The third-order valence-electron chi connectivity index (χ3n) is 5.07. The van der Waals surface area contributed by atoms with Gasteiger partial charge in [-0.3, -0.25) is 9.59 Å². The molecule has 9 N–H and O–H groups in total. The van der Waals surface area contributed by atoms with Crippen LogP contribution in [0.25, 0.3) is 0 Å². The monoisotopic (exact) mass is 386 g/mol. The Bertz CT molecular complexity index is 908. The molecule has 1 amide bonds. The number of amides is 1. The van der Waals surface area contributed by atoms with Gasteiger partial charge < -0.3 is 17.2 Å². The molecule has 142 valence electrons. The van der Waals surface area contributed by atoms with E-state index < -0.39 is 11.3 Å². The molecule has 1 aromatic carbocycles. The van der Waals surface area contributed by atoms with Crippen LogP contribution in [0.1, 0.15) is 50.4 Å². The normalized spacial score (nSPS) is 19.6. The van der Waals surface area contributed by atoms with E-state index in [1.54, 1.807) is 0 Å². The van der Waals surface area contributed by atoms with Gasteiger partial charge in [-0.1, -0.05) is 30.3 Å². The Hall–Kier alpha value is -2.91. The number of amidine groups is 1. The van der Waals surface area contributed by atoms with E-state index in [1.807, 2.05) is 30.3 Å². The molecule has 0 saturated heterocycles. The predicted molar refractivity (Wildman–Crippen MR) is 106 cm³/mol. The maximum atomic E-state index is 13.6. The minimum Gasteiger partial charge on any atom is -0.390 e. The van der Waals surface area contributed by atoms with Gasteiger partial charge in [0.05, 0.1) is 20.9 Å². The van der Waals surface area contributed by atoms with E-state index in [-0.39, 0.29) is 16.3 Å². The minimum absolute atomic E-state index is 0.0624. The summed E-state index contributed by atoms with van der Waals surface area (Å²) < 4.78 is 0. The number of nitrogens with two attached hydrogens (primary N) is 4. The van der Waals surface area contributed by atoms with Crippen molar-refractivity contribution < 1.29 is 9.59 Å². The van der Waals surface area contributed by atoms with E-state index in [9.17, 15) is 9.59 Å². The highest BCUT2D eigenvalue weighted by Crippen LogP contribution is 2.46. The zero-order valence-corrected chi connectivity index (χ0v) is 15.5. The molecule has 0 fully saturated rings. The molecule has 8 nitrogen and oxygen atoms in total. The van der Waals surface area contributed by atoms with Crippen LogP contribution >= 0.6 is 11.3 Å². The van der Waals surface area contributed by atoms with Crippen LogP contribution in [0.3, 0.4) is 0 Å².